The minimum absolute atomic E-state index is 0.0291. The maximum absolute atomic E-state index is 12.9. The van der Waals surface area contributed by atoms with Crippen molar-refractivity contribution in [3.8, 4) is 0 Å². The quantitative estimate of drug-likeness (QED) is 0.776. The van der Waals surface area contributed by atoms with Crippen LogP contribution in [0.3, 0.4) is 0 Å². The number of hydrogen-bond acceptors (Lipinski definition) is 6. The molecule has 0 amide bonds. The smallest absolute Gasteiger partial charge is 0.227 e. The fourth-order valence-corrected chi connectivity index (χ4v) is 4.07. The number of hydrogen-bond donors (Lipinski definition) is 0. The average Bonchev–Trinajstić information content (AvgIpc) is 3.25. The lowest BCUT2D eigenvalue weighted by Crippen LogP contribution is -2.40. The molecule has 0 spiro atoms. The summed E-state index contributed by atoms with van der Waals surface area (Å²) in [6.07, 6.45) is 6.00. The highest BCUT2D eigenvalue weighted by Gasteiger charge is 2.29. The van der Waals surface area contributed by atoms with Crippen molar-refractivity contribution >= 4 is 17.5 Å². The van der Waals surface area contributed by atoms with Gasteiger partial charge in [-0.2, -0.15) is 4.98 Å². The van der Waals surface area contributed by atoms with Gasteiger partial charge in [0.2, 0.25) is 5.95 Å². The second-order valence-electron chi connectivity index (χ2n) is 7.62. The molecule has 2 aliphatic heterocycles. The molecule has 2 aromatic rings. The predicted octanol–water partition coefficient (Wildman–Crippen LogP) is 3.19. The summed E-state index contributed by atoms with van der Waals surface area (Å²) in [4.78, 5) is 31.3. The van der Waals surface area contributed by atoms with Gasteiger partial charge in [0.05, 0.1) is 0 Å². The number of ketones is 1. The molecule has 0 aromatic carbocycles. The Balaban J connectivity index is 1.58. The summed E-state index contributed by atoms with van der Waals surface area (Å²) in [6, 6.07) is 5.53. The van der Waals surface area contributed by atoms with Crippen LogP contribution in [0.25, 0.3) is 0 Å². The molecule has 1 atom stereocenters. The lowest BCUT2D eigenvalue weighted by atomic mass is 9.91. The Labute approximate surface area is 160 Å². The van der Waals surface area contributed by atoms with E-state index < -0.39 is 0 Å². The number of pyridine rings is 1. The van der Waals surface area contributed by atoms with Gasteiger partial charge >= 0.3 is 0 Å². The van der Waals surface area contributed by atoms with Crippen LogP contribution in [0.5, 0.6) is 0 Å². The SMILES string of the molecule is Cc1nc(N2CCCC2)nc(N2CCCC(C(=O)c3ccccn3)C2)c1C. The van der Waals surface area contributed by atoms with Crippen molar-refractivity contribution in [2.75, 3.05) is 36.0 Å². The number of rotatable bonds is 4. The normalized spacial score (nSPS) is 20.1. The van der Waals surface area contributed by atoms with E-state index in [2.05, 4.69) is 28.6 Å². The molecule has 2 aromatic heterocycles. The van der Waals surface area contributed by atoms with Gasteiger partial charge in [-0.05, 0) is 51.7 Å². The first kappa shape index (κ1) is 17.9. The summed E-state index contributed by atoms with van der Waals surface area (Å²) in [7, 11) is 0. The van der Waals surface area contributed by atoms with E-state index in [4.69, 9.17) is 9.97 Å². The number of anilines is 2. The fraction of sp³-hybridized carbons (Fsp3) is 0.524. The molecule has 4 heterocycles. The molecular formula is C21H27N5O. The van der Waals surface area contributed by atoms with Crippen LogP contribution in [-0.4, -0.2) is 46.9 Å². The molecule has 0 bridgehead atoms. The van der Waals surface area contributed by atoms with Crippen molar-refractivity contribution < 1.29 is 4.79 Å². The van der Waals surface area contributed by atoms with Crippen LogP contribution in [-0.2, 0) is 0 Å². The summed E-state index contributed by atoms with van der Waals surface area (Å²) in [6.45, 7) is 7.84. The molecule has 0 N–H and O–H groups in total. The number of aryl methyl sites for hydroxylation is 1. The van der Waals surface area contributed by atoms with Crippen molar-refractivity contribution in [2.45, 2.75) is 39.5 Å². The minimum Gasteiger partial charge on any atom is -0.355 e. The minimum atomic E-state index is -0.0291. The van der Waals surface area contributed by atoms with E-state index in [1.54, 1.807) is 6.20 Å². The van der Waals surface area contributed by atoms with Gasteiger partial charge in [-0.25, -0.2) is 4.98 Å². The summed E-state index contributed by atoms with van der Waals surface area (Å²) >= 11 is 0. The summed E-state index contributed by atoms with van der Waals surface area (Å²) in [5.74, 6) is 1.94. The standard InChI is InChI=1S/C21H27N5O/c1-15-16(2)23-21(25-11-5-6-12-25)24-20(15)26-13-7-8-17(14-26)19(27)18-9-3-4-10-22-18/h3-4,9-10,17H,5-8,11-14H2,1-2H3. The molecule has 142 valence electrons. The van der Waals surface area contributed by atoms with Crippen molar-refractivity contribution in [1.29, 1.82) is 0 Å². The summed E-state index contributed by atoms with van der Waals surface area (Å²) in [5, 5.41) is 0. The first-order chi connectivity index (χ1) is 13.1. The molecule has 27 heavy (non-hydrogen) atoms. The average molecular weight is 365 g/mol. The Hall–Kier alpha value is -2.50. The zero-order valence-electron chi connectivity index (χ0n) is 16.2. The Morgan fingerprint density at radius 2 is 1.81 bits per heavy atom. The molecule has 0 radical (unpaired) electrons. The first-order valence-corrected chi connectivity index (χ1v) is 9.94. The second-order valence-corrected chi connectivity index (χ2v) is 7.62. The third kappa shape index (κ3) is 3.66. The van der Waals surface area contributed by atoms with Crippen LogP contribution in [0.2, 0.25) is 0 Å². The molecule has 0 saturated carbocycles. The molecular weight excluding hydrogens is 338 g/mol. The maximum Gasteiger partial charge on any atom is 0.227 e. The lowest BCUT2D eigenvalue weighted by molar-refractivity contribution is 0.0902. The number of piperidine rings is 1. The first-order valence-electron chi connectivity index (χ1n) is 9.94. The third-order valence-corrected chi connectivity index (χ3v) is 5.75. The van der Waals surface area contributed by atoms with Gasteiger partial charge < -0.3 is 9.80 Å². The summed E-state index contributed by atoms with van der Waals surface area (Å²) in [5.41, 5.74) is 2.71. The van der Waals surface area contributed by atoms with Crippen LogP contribution in [0.1, 0.15) is 47.4 Å². The predicted molar refractivity (Wildman–Crippen MR) is 106 cm³/mol. The third-order valence-electron chi connectivity index (χ3n) is 5.75. The monoisotopic (exact) mass is 365 g/mol. The fourth-order valence-electron chi connectivity index (χ4n) is 4.07. The molecule has 6 heteroatoms. The number of aromatic nitrogens is 3. The van der Waals surface area contributed by atoms with E-state index in [0.29, 0.717) is 12.2 Å². The van der Waals surface area contributed by atoms with E-state index in [1.165, 1.54) is 12.8 Å². The van der Waals surface area contributed by atoms with E-state index in [0.717, 1.165) is 55.5 Å². The Bertz CT molecular complexity index is 817. The van der Waals surface area contributed by atoms with E-state index in [1.807, 2.05) is 18.2 Å². The Morgan fingerprint density at radius 1 is 1.04 bits per heavy atom. The van der Waals surface area contributed by atoms with E-state index >= 15 is 0 Å². The van der Waals surface area contributed by atoms with Crippen LogP contribution in [0.15, 0.2) is 24.4 Å². The highest BCUT2D eigenvalue weighted by atomic mass is 16.1. The molecule has 0 aliphatic carbocycles. The maximum atomic E-state index is 12.9. The Kier molecular flexibility index (Phi) is 5.05. The zero-order valence-corrected chi connectivity index (χ0v) is 16.2. The molecule has 1 unspecified atom stereocenters. The van der Waals surface area contributed by atoms with Crippen molar-refractivity contribution in [1.82, 2.24) is 15.0 Å². The highest BCUT2D eigenvalue weighted by molar-refractivity contribution is 5.96. The highest BCUT2D eigenvalue weighted by Crippen LogP contribution is 2.29. The second kappa shape index (κ2) is 7.62. The summed E-state index contributed by atoms with van der Waals surface area (Å²) < 4.78 is 0. The lowest BCUT2D eigenvalue weighted by Gasteiger charge is -2.34. The van der Waals surface area contributed by atoms with Gasteiger partial charge in [0.25, 0.3) is 0 Å². The number of carbonyl (C=O) groups is 1. The van der Waals surface area contributed by atoms with Crippen LogP contribution in [0, 0.1) is 19.8 Å². The van der Waals surface area contributed by atoms with Gasteiger partial charge in [0.15, 0.2) is 5.78 Å². The van der Waals surface area contributed by atoms with Crippen LogP contribution in [0.4, 0.5) is 11.8 Å². The van der Waals surface area contributed by atoms with Crippen molar-refractivity contribution in [2.24, 2.45) is 5.92 Å². The van der Waals surface area contributed by atoms with Gasteiger partial charge in [-0.1, -0.05) is 6.07 Å². The number of nitrogens with zero attached hydrogens (tertiary/aromatic N) is 5. The van der Waals surface area contributed by atoms with Crippen LogP contribution < -0.4 is 9.80 Å². The molecule has 2 aliphatic rings. The van der Waals surface area contributed by atoms with Gasteiger partial charge in [0, 0.05) is 49.6 Å². The number of carbonyl (C=O) groups excluding carboxylic acids is 1. The Morgan fingerprint density at radius 3 is 2.56 bits per heavy atom. The van der Waals surface area contributed by atoms with E-state index in [9.17, 15) is 4.79 Å². The molecule has 2 fully saturated rings. The molecule has 2 saturated heterocycles. The van der Waals surface area contributed by atoms with Crippen LogP contribution >= 0.6 is 0 Å². The van der Waals surface area contributed by atoms with Crippen molar-refractivity contribution in [3.05, 3.63) is 41.3 Å². The zero-order chi connectivity index (χ0) is 18.8. The van der Waals surface area contributed by atoms with E-state index in [-0.39, 0.29) is 11.7 Å². The van der Waals surface area contributed by atoms with Gasteiger partial charge in [-0.15, -0.1) is 0 Å². The topological polar surface area (TPSA) is 62.2 Å². The largest absolute Gasteiger partial charge is 0.355 e. The number of Topliss-reactive ketones (excluding diaryl/α,β-unsaturated/α-hetero) is 1. The van der Waals surface area contributed by atoms with Gasteiger partial charge in [0.1, 0.15) is 11.5 Å². The van der Waals surface area contributed by atoms with Gasteiger partial charge in [-0.3, -0.25) is 9.78 Å². The van der Waals surface area contributed by atoms with Crippen molar-refractivity contribution in [3.63, 3.8) is 0 Å². The molecule has 4 rings (SSSR count). The molecule has 6 nitrogen and oxygen atoms in total.